The van der Waals surface area contributed by atoms with E-state index >= 15 is 0 Å². The van der Waals surface area contributed by atoms with E-state index in [1.165, 1.54) is 38.5 Å². The van der Waals surface area contributed by atoms with E-state index in [0.717, 1.165) is 116 Å². The second-order valence-electron chi connectivity index (χ2n) is 18.1. The van der Waals surface area contributed by atoms with Gasteiger partial charge in [0.2, 0.25) is 0 Å². The average Bonchev–Trinajstić information content (AvgIpc) is 3.28. The third-order valence-electron chi connectivity index (χ3n) is 10.6. The van der Waals surface area contributed by atoms with E-state index in [2.05, 4.69) is 111 Å². The average molecular weight is 923 g/mol. The van der Waals surface area contributed by atoms with E-state index in [-0.39, 0.29) is 38.6 Å². The molecule has 2 unspecified atom stereocenters. The number of aliphatic carboxylic acids is 1. The van der Waals surface area contributed by atoms with E-state index in [9.17, 15) is 19.5 Å². The first-order valence-electron chi connectivity index (χ1n) is 25.9. The van der Waals surface area contributed by atoms with Crippen LogP contribution in [0.2, 0.25) is 0 Å². The summed E-state index contributed by atoms with van der Waals surface area (Å²) < 4.78 is 22.8. The van der Waals surface area contributed by atoms with Crippen molar-refractivity contribution >= 4 is 17.9 Å². The van der Waals surface area contributed by atoms with Crippen molar-refractivity contribution in [1.29, 1.82) is 0 Å². The van der Waals surface area contributed by atoms with E-state index in [1.807, 2.05) is 21.1 Å². The number of ether oxygens (including phenoxy) is 4. The number of carbonyl (C=O) groups excluding carboxylic acids is 2. The molecule has 0 saturated heterocycles. The Hall–Kier alpha value is -3.79. The third kappa shape index (κ3) is 48.2. The number of hydrogen-bond acceptors (Lipinski definition) is 7. The minimum absolute atomic E-state index is 0.178. The Kier molecular flexibility index (Phi) is 45.0. The first-order chi connectivity index (χ1) is 32.1. The van der Waals surface area contributed by atoms with Crippen LogP contribution in [0.15, 0.2) is 97.2 Å². The van der Waals surface area contributed by atoms with Gasteiger partial charge in [0.25, 0.3) is 6.29 Å². The molecule has 0 aromatic carbocycles. The molecule has 9 heteroatoms. The molecule has 0 aromatic rings. The van der Waals surface area contributed by atoms with Crippen molar-refractivity contribution in [2.45, 2.75) is 200 Å². The Morgan fingerprint density at radius 2 is 0.864 bits per heavy atom. The molecule has 0 bridgehead atoms. The van der Waals surface area contributed by atoms with E-state index in [4.69, 9.17) is 18.9 Å². The lowest BCUT2D eigenvalue weighted by Crippen LogP contribution is -2.40. The van der Waals surface area contributed by atoms with Gasteiger partial charge >= 0.3 is 17.9 Å². The van der Waals surface area contributed by atoms with Crippen molar-refractivity contribution in [3.63, 3.8) is 0 Å². The van der Waals surface area contributed by atoms with Crippen LogP contribution in [0.25, 0.3) is 0 Å². The smallest absolute Gasteiger partial charge is 0.361 e. The molecule has 0 fully saturated rings. The number of unbranched alkanes of at least 4 members (excludes halogenated alkanes) is 15. The fourth-order valence-electron chi connectivity index (χ4n) is 6.56. The van der Waals surface area contributed by atoms with Gasteiger partial charge in [-0.1, -0.05) is 182 Å². The molecule has 0 aliphatic rings. The molecule has 66 heavy (non-hydrogen) atoms. The summed E-state index contributed by atoms with van der Waals surface area (Å²) >= 11 is 0. The predicted octanol–water partition coefficient (Wildman–Crippen LogP) is 14.6. The Morgan fingerprint density at radius 1 is 0.470 bits per heavy atom. The number of allylic oxidation sites excluding steroid dienone is 16. The summed E-state index contributed by atoms with van der Waals surface area (Å²) in [6.45, 7) is 4.67. The second kappa shape index (κ2) is 47.7. The molecular weight excluding hydrogens is 827 g/mol. The minimum Gasteiger partial charge on any atom is -0.477 e. The zero-order valence-electron chi connectivity index (χ0n) is 42.6. The minimum atomic E-state index is -1.52. The Labute approximate surface area is 403 Å². The highest BCUT2D eigenvalue weighted by Crippen LogP contribution is 2.14. The van der Waals surface area contributed by atoms with Gasteiger partial charge in [0.1, 0.15) is 13.2 Å². The monoisotopic (exact) mass is 923 g/mol. The molecule has 0 aliphatic heterocycles. The summed E-state index contributed by atoms with van der Waals surface area (Å²) in [7, 11) is 5.94. The number of quaternary nitrogens is 1. The largest absolute Gasteiger partial charge is 0.477 e. The SMILES string of the molecule is CC/C=C\C/C=C\C/C=C\C/C=C\C/C=C\C/C=C\CCCCCCCCCCC(=O)OC(COC(=O)CCCCCCC/C=C\C/C=C\CCCC)COC(OCC[N+](C)(C)C)C(=O)O. The lowest BCUT2D eigenvalue weighted by Gasteiger charge is -2.25. The number of esters is 2. The van der Waals surface area contributed by atoms with E-state index in [1.54, 1.807) is 0 Å². The molecule has 0 radical (unpaired) electrons. The first kappa shape index (κ1) is 62.2. The van der Waals surface area contributed by atoms with Crippen LogP contribution in [-0.2, 0) is 33.3 Å². The van der Waals surface area contributed by atoms with Crippen molar-refractivity contribution in [3.05, 3.63) is 97.2 Å². The molecule has 1 N–H and O–H groups in total. The van der Waals surface area contributed by atoms with Crippen molar-refractivity contribution < 1.29 is 42.9 Å². The maximum Gasteiger partial charge on any atom is 0.361 e. The van der Waals surface area contributed by atoms with E-state index < -0.39 is 24.3 Å². The molecule has 2 atom stereocenters. The first-order valence-corrected chi connectivity index (χ1v) is 25.9. The van der Waals surface area contributed by atoms with Crippen LogP contribution in [0.1, 0.15) is 187 Å². The number of carboxylic acids is 1. The highest BCUT2D eigenvalue weighted by molar-refractivity contribution is 5.71. The highest BCUT2D eigenvalue weighted by Gasteiger charge is 2.25. The number of carboxylic acid groups (broad SMARTS) is 1. The zero-order valence-corrected chi connectivity index (χ0v) is 42.6. The van der Waals surface area contributed by atoms with Gasteiger partial charge in [0, 0.05) is 12.8 Å². The van der Waals surface area contributed by atoms with Gasteiger partial charge in [0.15, 0.2) is 6.10 Å². The molecule has 0 aliphatic carbocycles. The quantitative estimate of drug-likeness (QED) is 0.0211. The Bertz CT molecular complexity index is 1400. The standard InChI is InChI=1S/C57H95NO8/c1-6-8-10-12-14-16-18-20-22-23-24-25-26-27-28-29-30-31-32-33-34-36-38-40-42-44-46-48-55(60)66-53(52-65-57(56(61)62)63-50-49-58(3,4)5)51-64-54(59)47-45-43-41-39-37-35-21-19-17-15-13-11-9-7-2/h8,10,13-16,19-22,24-25,27-28,30-31,53,57H,6-7,9,11-12,17-18,23,26,29,32-52H2,1-5H3/p+1/b10-8-,15-13-,16-14-,21-19-,22-20-,25-24-,28-27-,31-30-. The van der Waals surface area contributed by atoms with Crippen LogP contribution in [-0.4, -0.2) is 87.4 Å². The van der Waals surface area contributed by atoms with E-state index in [0.29, 0.717) is 17.4 Å². The normalized spacial score (nSPS) is 13.7. The molecule has 0 heterocycles. The molecule has 376 valence electrons. The van der Waals surface area contributed by atoms with Gasteiger partial charge in [-0.15, -0.1) is 0 Å². The fraction of sp³-hybridized carbons (Fsp3) is 0.667. The van der Waals surface area contributed by atoms with Crippen molar-refractivity contribution in [1.82, 2.24) is 0 Å². The van der Waals surface area contributed by atoms with Gasteiger partial charge in [-0.3, -0.25) is 9.59 Å². The Balaban J connectivity index is 4.34. The number of carbonyl (C=O) groups is 3. The summed E-state index contributed by atoms with van der Waals surface area (Å²) in [5, 5.41) is 9.67. The number of nitrogens with zero attached hydrogens (tertiary/aromatic N) is 1. The van der Waals surface area contributed by atoms with Gasteiger partial charge in [0.05, 0.1) is 34.4 Å². The highest BCUT2D eigenvalue weighted by atomic mass is 16.7. The molecule has 0 amide bonds. The molecule has 0 spiro atoms. The fourth-order valence-corrected chi connectivity index (χ4v) is 6.56. The molecule has 9 nitrogen and oxygen atoms in total. The van der Waals surface area contributed by atoms with Crippen LogP contribution >= 0.6 is 0 Å². The lowest BCUT2D eigenvalue weighted by molar-refractivity contribution is -0.870. The summed E-state index contributed by atoms with van der Waals surface area (Å²) in [4.78, 5) is 37.3. The van der Waals surface area contributed by atoms with Gasteiger partial charge in [-0.25, -0.2) is 4.79 Å². The lowest BCUT2D eigenvalue weighted by atomic mass is 10.1. The molecule has 0 rings (SSSR count). The predicted molar refractivity (Wildman–Crippen MR) is 276 cm³/mol. The van der Waals surface area contributed by atoms with Crippen molar-refractivity contribution in [2.75, 3.05) is 47.5 Å². The molecule has 0 saturated carbocycles. The summed E-state index contributed by atoms with van der Waals surface area (Å²) in [5.41, 5.74) is 0. The summed E-state index contributed by atoms with van der Waals surface area (Å²) in [6.07, 6.45) is 60.4. The maximum absolute atomic E-state index is 12.8. The summed E-state index contributed by atoms with van der Waals surface area (Å²) in [6, 6.07) is 0. The van der Waals surface area contributed by atoms with Crippen molar-refractivity contribution in [2.24, 2.45) is 0 Å². The molecule has 0 aromatic heterocycles. The van der Waals surface area contributed by atoms with Gasteiger partial charge < -0.3 is 28.5 Å². The third-order valence-corrected chi connectivity index (χ3v) is 10.6. The van der Waals surface area contributed by atoms with Crippen LogP contribution in [0.3, 0.4) is 0 Å². The Morgan fingerprint density at radius 3 is 1.29 bits per heavy atom. The van der Waals surface area contributed by atoms with Crippen LogP contribution in [0.4, 0.5) is 0 Å². The maximum atomic E-state index is 12.8. The zero-order chi connectivity index (χ0) is 48.4. The van der Waals surface area contributed by atoms with Crippen LogP contribution in [0, 0.1) is 0 Å². The summed E-state index contributed by atoms with van der Waals surface area (Å²) in [5.74, 6) is -2.05. The molecular formula is C57H96NO8+. The topological polar surface area (TPSA) is 108 Å². The van der Waals surface area contributed by atoms with Gasteiger partial charge in [-0.05, 0) is 89.9 Å². The van der Waals surface area contributed by atoms with Crippen LogP contribution in [0.5, 0.6) is 0 Å². The number of likely N-dealkylation sites (N-methyl/N-ethyl adjacent to an activating group) is 1. The number of rotatable bonds is 46. The van der Waals surface area contributed by atoms with Crippen molar-refractivity contribution in [3.8, 4) is 0 Å². The van der Waals surface area contributed by atoms with Crippen LogP contribution < -0.4 is 0 Å². The number of hydrogen-bond donors (Lipinski definition) is 1. The van der Waals surface area contributed by atoms with Gasteiger partial charge in [-0.2, -0.15) is 0 Å². The second-order valence-corrected chi connectivity index (χ2v) is 18.1.